The predicted molar refractivity (Wildman–Crippen MR) is 56.1 cm³/mol. The molecule has 0 bridgehead atoms. The van der Waals surface area contributed by atoms with E-state index in [1.807, 2.05) is 0 Å². The van der Waals surface area contributed by atoms with Gasteiger partial charge in [-0.1, -0.05) is 0 Å². The van der Waals surface area contributed by atoms with Gasteiger partial charge in [0.2, 0.25) is 0 Å². The van der Waals surface area contributed by atoms with Crippen LogP contribution in [-0.2, 0) is 29.4 Å². The Morgan fingerprint density at radius 3 is 3.06 bits per heavy atom. The second-order valence-electron chi connectivity index (χ2n) is 3.99. The first-order valence-corrected chi connectivity index (χ1v) is 5.47. The van der Waals surface area contributed by atoms with Gasteiger partial charge in [0.1, 0.15) is 5.76 Å². The summed E-state index contributed by atoms with van der Waals surface area (Å²) in [6, 6.07) is 0. The summed E-state index contributed by atoms with van der Waals surface area (Å²) < 4.78 is 11.6. The molecule has 0 spiro atoms. The van der Waals surface area contributed by atoms with Crippen LogP contribution in [0.3, 0.4) is 0 Å². The molecule has 0 fully saturated rings. The molecule has 16 heavy (non-hydrogen) atoms. The van der Waals surface area contributed by atoms with Gasteiger partial charge in [0, 0.05) is 13.5 Å². The maximum absolute atomic E-state index is 11.6. The van der Waals surface area contributed by atoms with Crippen LogP contribution in [0.5, 0.6) is 0 Å². The van der Waals surface area contributed by atoms with E-state index in [-0.39, 0.29) is 17.6 Å². The molecule has 0 N–H and O–H groups in total. The Labute approximate surface area is 93.0 Å². The number of aromatic nitrogens is 1. The van der Waals surface area contributed by atoms with Crippen molar-refractivity contribution in [1.29, 1.82) is 0 Å². The molecule has 88 valence electrons. The number of esters is 1. The molecule has 1 aliphatic rings. The summed E-state index contributed by atoms with van der Waals surface area (Å²) in [5, 5.41) is 0. The van der Waals surface area contributed by atoms with Crippen LogP contribution in [0.15, 0.2) is 9.21 Å². The van der Waals surface area contributed by atoms with E-state index in [0.717, 1.165) is 12.1 Å². The topological polar surface area (TPSA) is 61.4 Å². The van der Waals surface area contributed by atoms with E-state index in [0.29, 0.717) is 25.2 Å². The molecule has 0 saturated heterocycles. The van der Waals surface area contributed by atoms with Gasteiger partial charge in [-0.25, -0.2) is 4.79 Å². The number of fused-ring (bicyclic) bond motifs is 1. The molecular weight excluding hydrogens is 210 g/mol. The van der Waals surface area contributed by atoms with Crippen molar-refractivity contribution in [3.05, 3.63) is 22.0 Å². The third-order valence-electron chi connectivity index (χ3n) is 2.99. The summed E-state index contributed by atoms with van der Waals surface area (Å²) in [7, 11) is 1.69. The van der Waals surface area contributed by atoms with E-state index in [9.17, 15) is 9.59 Å². The number of hydrogen-bond donors (Lipinski definition) is 0. The molecule has 1 aromatic rings. The Kier molecular flexibility index (Phi) is 2.85. The molecule has 0 aliphatic heterocycles. The maximum Gasteiger partial charge on any atom is 0.419 e. The van der Waals surface area contributed by atoms with Crippen molar-refractivity contribution in [2.75, 3.05) is 6.61 Å². The van der Waals surface area contributed by atoms with E-state index in [1.54, 1.807) is 14.0 Å². The SMILES string of the molecule is CCOC(=O)C1CCc2c(oc(=O)n2C)C1. The lowest BCUT2D eigenvalue weighted by molar-refractivity contribution is -0.148. The summed E-state index contributed by atoms with van der Waals surface area (Å²) in [6.07, 6.45) is 1.89. The van der Waals surface area contributed by atoms with Gasteiger partial charge < -0.3 is 9.15 Å². The summed E-state index contributed by atoms with van der Waals surface area (Å²) >= 11 is 0. The van der Waals surface area contributed by atoms with Gasteiger partial charge in [-0.2, -0.15) is 0 Å². The molecule has 1 unspecified atom stereocenters. The zero-order valence-electron chi connectivity index (χ0n) is 9.49. The molecule has 1 aliphatic carbocycles. The Morgan fingerprint density at radius 1 is 1.62 bits per heavy atom. The van der Waals surface area contributed by atoms with Crippen LogP contribution < -0.4 is 5.76 Å². The van der Waals surface area contributed by atoms with Crippen LogP contribution in [0.2, 0.25) is 0 Å². The number of rotatable bonds is 2. The fourth-order valence-corrected chi connectivity index (χ4v) is 2.09. The van der Waals surface area contributed by atoms with Gasteiger partial charge in [-0.3, -0.25) is 9.36 Å². The van der Waals surface area contributed by atoms with Gasteiger partial charge in [0.25, 0.3) is 0 Å². The highest BCUT2D eigenvalue weighted by Crippen LogP contribution is 2.25. The lowest BCUT2D eigenvalue weighted by Gasteiger charge is -2.19. The number of nitrogens with zero attached hydrogens (tertiary/aromatic N) is 1. The summed E-state index contributed by atoms with van der Waals surface area (Å²) in [6.45, 7) is 2.18. The minimum Gasteiger partial charge on any atom is -0.466 e. The van der Waals surface area contributed by atoms with E-state index in [4.69, 9.17) is 9.15 Å². The monoisotopic (exact) mass is 225 g/mol. The number of oxazole rings is 1. The first kappa shape index (κ1) is 11.0. The van der Waals surface area contributed by atoms with E-state index < -0.39 is 0 Å². The van der Waals surface area contributed by atoms with Crippen LogP contribution in [0.4, 0.5) is 0 Å². The van der Waals surface area contributed by atoms with Gasteiger partial charge in [0.15, 0.2) is 0 Å². The Bertz CT molecular complexity index is 457. The first-order valence-electron chi connectivity index (χ1n) is 5.47. The maximum atomic E-state index is 11.6. The predicted octanol–water partition coefficient (Wildman–Crippen LogP) is 0.646. The Balaban J connectivity index is 2.18. The highest BCUT2D eigenvalue weighted by atomic mass is 16.5. The van der Waals surface area contributed by atoms with E-state index >= 15 is 0 Å². The highest BCUT2D eigenvalue weighted by molar-refractivity contribution is 5.73. The molecule has 0 saturated carbocycles. The van der Waals surface area contributed by atoms with Gasteiger partial charge >= 0.3 is 11.7 Å². The molecule has 5 heteroatoms. The van der Waals surface area contributed by atoms with Crippen LogP contribution in [-0.4, -0.2) is 17.1 Å². The molecular formula is C11H15NO4. The highest BCUT2D eigenvalue weighted by Gasteiger charge is 2.29. The summed E-state index contributed by atoms with van der Waals surface area (Å²) in [4.78, 5) is 22.8. The average Bonchev–Trinajstić information content (AvgIpc) is 2.55. The van der Waals surface area contributed by atoms with E-state index in [2.05, 4.69) is 0 Å². The molecule has 1 atom stereocenters. The lowest BCUT2D eigenvalue weighted by Crippen LogP contribution is -2.25. The number of ether oxygens (including phenoxy) is 1. The van der Waals surface area contributed by atoms with Gasteiger partial charge in [-0.05, 0) is 19.8 Å². The standard InChI is InChI=1S/C11H15NO4/c1-3-15-10(13)7-4-5-8-9(6-7)16-11(14)12(8)2/h7H,3-6H2,1-2H3. The second-order valence-corrected chi connectivity index (χ2v) is 3.99. The molecule has 5 nitrogen and oxygen atoms in total. The average molecular weight is 225 g/mol. The molecule has 1 aromatic heterocycles. The fourth-order valence-electron chi connectivity index (χ4n) is 2.09. The van der Waals surface area contributed by atoms with Gasteiger partial charge in [-0.15, -0.1) is 0 Å². The lowest BCUT2D eigenvalue weighted by atomic mass is 9.90. The molecule has 1 heterocycles. The smallest absolute Gasteiger partial charge is 0.419 e. The minimum absolute atomic E-state index is 0.169. The van der Waals surface area contributed by atoms with Crippen LogP contribution >= 0.6 is 0 Å². The zero-order chi connectivity index (χ0) is 11.7. The van der Waals surface area contributed by atoms with Crippen molar-refractivity contribution >= 4 is 5.97 Å². The Morgan fingerprint density at radius 2 is 2.38 bits per heavy atom. The number of carbonyl (C=O) groups is 1. The van der Waals surface area contributed by atoms with Gasteiger partial charge in [0.05, 0.1) is 18.2 Å². The minimum atomic E-state index is -0.352. The second kappa shape index (κ2) is 4.15. The first-order chi connectivity index (χ1) is 7.63. The van der Waals surface area contributed by atoms with Crippen molar-refractivity contribution in [3.63, 3.8) is 0 Å². The van der Waals surface area contributed by atoms with Crippen molar-refractivity contribution in [2.45, 2.75) is 26.2 Å². The quantitative estimate of drug-likeness (QED) is 0.693. The number of hydrogen-bond acceptors (Lipinski definition) is 4. The third-order valence-corrected chi connectivity index (χ3v) is 2.99. The Hall–Kier alpha value is -1.52. The van der Waals surface area contributed by atoms with E-state index in [1.165, 1.54) is 4.57 Å². The number of carbonyl (C=O) groups excluding carboxylic acids is 1. The van der Waals surface area contributed by atoms with Crippen LogP contribution in [0, 0.1) is 5.92 Å². The molecule has 0 aromatic carbocycles. The van der Waals surface area contributed by atoms with Crippen molar-refractivity contribution in [1.82, 2.24) is 4.57 Å². The van der Waals surface area contributed by atoms with Crippen molar-refractivity contribution in [2.24, 2.45) is 13.0 Å². The molecule has 2 rings (SSSR count). The molecule has 0 amide bonds. The van der Waals surface area contributed by atoms with Crippen molar-refractivity contribution in [3.8, 4) is 0 Å². The molecule has 0 radical (unpaired) electrons. The normalized spacial score (nSPS) is 19.2. The summed E-state index contributed by atoms with van der Waals surface area (Å²) in [5.74, 6) is -0.0797. The summed E-state index contributed by atoms with van der Waals surface area (Å²) in [5.41, 5.74) is 0.908. The third kappa shape index (κ3) is 1.77. The van der Waals surface area contributed by atoms with Crippen LogP contribution in [0.1, 0.15) is 24.8 Å². The zero-order valence-corrected chi connectivity index (χ0v) is 9.49. The largest absolute Gasteiger partial charge is 0.466 e. The fraction of sp³-hybridized carbons (Fsp3) is 0.636. The van der Waals surface area contributed by atoms with Crippen molar-refractivity contribution < 1.29 is 13.9 Å². The van der Waals surface area contributed by atoms with Crippen LogP contribution in [0.25, 0.3) is 0 Å².